The first-order valence-electron chi connectivity index (χ1n) is 4.19. The van der Waals surface area contributed by atoms with E-state index in [4.69, 9.17) is 4.74 Å². The fourth-order valence-corrected chi connectivity index (χ4v) is 1.96. The third-order valence-corrected chi connectivity index (χ3v) is 3.22. The first-order chi connectivity index (χ1) is 4.66. The Kier molecular flexibility index (Phi) is 2.35. The van der Waals surface area contributed by atoms with Crippen molar-refractivity contribution in [2.45, 2.75) is 33.3 Å². The summed E-state index contributed by atoms with van der Waals surface area (Å²) in [5.74, 6) is 2.44. The molecule has 0 aromatic rings. The Morgan fingerprint density at radius 1 is 1.10 bits per heavy atom. The van der Waals surface area contributed by atoms with Gasteiger partial charge >= 0.3 is 0 Å². The molecule has 0 bridgehead atoms. The second kappa shape index (κ2) is 2.91. The lowest BCUT2D eigenvalue weighted by Crippen LogP contribution is -2.16. The van der Waals surface area contributed by atoms with E-state index < -0.39 is 0 Å². The maximum atomic E-state index is 5.36. The van der Waals surface area contributed by atoms with Crippen LogP contribution in [0.3, 0.4) is 0 Å². The average Bonchev–Trinajstić information content (AvgIpc) is 2.17. The number of rotatable bonds is 1. The summed E-state index contributed by atoms with van der Waals surface area (Å²) in [6, 6.07) is 0. The topological polar surface area (TPSA) is 9.23 Å². The van der Waals surface area contributed by atoms with Crippen molar-refractivity contribution in [3.63, 3.8) is 0 Å². The smallest absolute Gasteiger partial charge is 0.0602 e. The summed E-state index contributed by atoms with van der Waals surface area (Å²) < 4.78 is 5.36. The Labute approximate surface area is 63.8 Å². The summed E-state index contributed by atoms with van der Waals surface area (Å²) in [6.07, 6.45) is 1.77. The zero-order valence-corrected chi connectivity index (χ0v) is 7.42. The van der Waals surface area contributed by atoms with E-state index in [1.807, 2.05) is 7.11 Å². The number of hydrogen-bond acceptors (Lipinski definition) is 1. The van der Waals surface area contributed by atoms with Gasteiger partial charge in [0.15, 0.2) is 0 Å². The minimum absolute atomic E-state index is 0.519. The summed E-state index contributed by atoms with van der Waals surface area (Å²) in [6.45, 7) is 6.94. The number of hydrogen-bond donors (Lipinski definition) is 0. The third kappa shape index (κ3) is 1.20. The van der Waals surface area contributed by atoms with E-state index in [-0.39, 0.29) is 0 Å². The zero-order chi connectivity index (χ0) is 7.72. The number of ether oxygens (including phenoxy) is 1. The van der Waals surface area contributed by atoms with Gasteiger partial charge in [0.05, 0.1) is 6.10 Å². The van der Waals surface area contributed by atoms with Crippen LogP contribution in [0.15, 0.2) is 0 Å². The lowest BCUT2D eigenvalue weighted by molar-refractivity contribution is 0.0697. The van der Waals surface area contributed by atoms with E-state index in [1.165, 1.54) is 6.42 Å². The molecule has 1 heteroatoms. The number of methoxy groups -OCH3 is 1. The van der Waals surface area contributed by atoms with E-state index >= 15 is 0 Å². The lowest BCUT2D eigenvalue weighted by atomic mass is 9.94. The molecule has 0 spiro atoms. The van der Waals surface area contributed by atoms with Crippen LogP contribution in [0.2, 0.25) is 0 Å². The normalized spacial score (nSPS) is 48.0. The van der Waals surface area contributed by atoms with E-state index in [0.29, 0.717) is 6.10 Å². The highest BCUT2D eigenvalue weighted by Crippen LogP contribution is 2.37. The molecular formula is C9H18O. The van der Waals surface area contributed by atoms with Crippen molar-refractivity contribution in [1.29, 1.82) is 0 Å². The Balaban J connectivity index is 2.53. The highest BCUT2D eigenvalue weighted by Gasteiger charge is 2.34. The molecule has 0 radical (unpaired) electrons. The molecule has 0 aromatic carbocycles. The molecule has 1 saturated carbocycles. The van der Waals surface area contributed by atoms with Crippen LogP contribution in [0.25, 0.3) is 0 Å². The van der Waals surface area contributed by atoms with Gasteiger partial charge in [0.2, 0.25) is 0 Å². The van der Waals surface area contributed by atoms with Crippen LogP contribution in [0.1, 0.15) is 27.2 Å². The monoisotopic (exact) mass is 142 g/mol. The highest BCUT2D eigenvalue weighted by atomic mass is 16.5. The first-order valence-corrected chi connectivity index (χ1v) is 4.19. The van der Waals surface area contributed by atoms with Gasteiger partial charge in [-0.2, -0.15) is 0 Å². The molecule has 1 nitrogen and oxygen atoms in total. The second-order valence-electron chi connectivity index (χ2n) is 3.71. The minimum atomic E-state index is 0.519. The first kappa shape index (κ1) is 8.06. The average molecular weight is 142 g/mol. The van der Waals surface area contributed by atoms with Crippen LogP contribution in [0, 0.1) is 17.8 Å². The van der Waals surface area contributed by atoms with Crippen molar-refractivity contribution in [3.8, 4) is 0 Å². The molecule has 4 unspecified atom stereocenters. The van der Waals surface area contributed by atoms with Gasteiger partial charge in [-0.1, -0.05) is 20.8 Å². The van der Waals surface area contributed by atoms with E-state index in [0.717, 1.165) is 17.8 Å². The summed E-state index contributed by atoms with van der Waals surface area (Å²) in [5, 5.41) is 0. The molecule has 4 atom stereocenters. The highest BCUT2D eigenvalue weighted by molar-refractivity contribution is 4.84. The van der Waals surface area contributed by atoms with Crippen LogP contribution in [0.5, 0.6) is 0 Å². The van der Waals surface area contributed by atoms with Gasteiger partial charge in [0.1, 0.15) is 0 Å². The van der Waals surface area contributed by atoms with Gasteiger partial charge in [0.25, 0.3) is 0 Å². The Hall–Kier alpha value is -0.0400. The summed E-state index contributed by atoms with van der Waals surface area (Å²) in [7, 11) is 1.83. The molecule has 1 fully saturated rings. The Morgan fingerprint density at radius 2 is 1.70 bits per heavy atom. The van der Waals surface area contributed by atoms with Crippen molar-refractivity contribution < 1.29 is 4.74 Å². The Bertz CT molecular complexity index is 111. The second-order valence-corrected chi connectivity index (χ2v) is 3.71. The van der Waals surface area contributed by atoms with E-state index in [9.17, 15) is 0 Å². The molecule has 1 aliphatic carbocycles. The molecule has 1 rings (SSSR count). The van der Waals surface area contributed by atoms with Gasteiger partial charge in [-0.15, -0.1) is 0 Å². The molecule has 0 amide bonds. The molecule has 10 heavy (non-hydrogen) atoms. The fourth-order valence-electron chi connectivity index (χ4n) is 1.96. The lowest BCUT2D eigenvalue weighted by Gasteiger charge is -2.16. The van der Waals surface area contributed by atoms with Crippen molar-refractivity contribution in [2.24, 2.45) is 17.8 Å². The van der Waals surface area contributed by atoms with Crippen molar-refractivity contribution in [1.82, 2.24) is 0 Å². The van der Waals surface area contributed by atoms with Gasteiger partial charge in [-0.05, 0) is 24.2 Å². The minimum Gasteiger partial charge on any atom is -0.381 e. The zero-order valence-electron chi connectivity index (χ0n) is 7.42. The predicted octanol–water partition coefficient (Wildman–Crippen LogP) is 2.31. The molecule has 0 aromatic heterocycles. The maximum Gasteiger partial charge on any atom is 0.0602 e. The van der Waals surface area contributed by atoms with Crippen LogP contribution in [0.4, 0.5) is 0 Å². The van der Waals surface area contributed by atoms with Crippen LogP contribution in [-0.4, -0.2) is 13.2 Å². The SMILES string of the molecule is COC1CC(C)C(C)C1C. The van der Waals surface area contributed by atoms with Gasteiger partial charge in [0, 0.05) is 7.11 Å². The molecule has 0 N–H and O–H groups in total. The molecule has 0 saturated heterocycles. The maximum absolute atomic E-state index is 5.36. The fraction of sp³-hybridized carbons (Fsp3) is 1.00. The summed E-state index contributed by atoms with van der Waals surface area (Å²) in [4.78, 5) is 0. The largest absolute Gasteiger partial charge is 0.381 e. The van der Waals surface area contributed by atoms with Crippen LogP contribution >= 0.6 is 0 Å². The molecule has 60 valence electrons. The van der Waals surface area contributed by atoms with Crippen LogP contribution < -0.4 is 0 Å². The van der Waals surface area contributed by atoms with Crippen molar-refractivity contribution in [3.05, 3.63) is 0 Å². The molecule has 0 aliphatic heterocycles. The van der Waals surface area contributed by atoms with Crippen molar-refractivity contribution in [2.75, 3.05) is 7.11 Å². The van der Waals surface area contributed by atoms with Gasteiger partial charge in [-0.3, -0.25) is 0 Å². The van der Waals surface area contributed by atoms with E-state index in [2.05, 4.69) is 20.8 Å². The summed E-state index contributed by atoms with van der Waals surface area (Å²) >= 11 is 0. The standard InChI is InChI=1S/C9H18O/c1-6-5-9(10-4)8(3)7(6)2/h6-9H,5H2,1-4H3. The molecule has 1 aliphatic rings. The quantitative estimate of drug-likeness (QED) is 0.546. The van der Waals surface area contributed by atoms with Gasteiger partial charge in [-0.25, -0.2) is 0 Å². The molecular weight excluding hydrogens is 124 g/mol. The Morgan fingerprint density at radius 3 is 1.90 bits per heavy atom. The van der Waals surface area contributed by atoms with Crippen LogP contribution in [-0.2, 0) is 4.74 Å². The predicted molar refractivity (Wildman–Crippen MR) is 42.9 cm³/mol. The van der Waals surface area contributed by atoms with E-state index in [1.54, 1.807) is 0 Å². The third-order valence-electron chi connectivity index (χ3n) is 3.22. The van der Waals surface area contributed by atoms with Gasteiger partial charge < -0.3 is 4.74 Å². The summed E-state index contributed by atoms with van der Waals surface area (Å²) in [5.41, 5.74) is 0. The van der Waals surface area contributed by atoms with Crippen molar-refractivity contribution >= 4 is 0 Å². The molecule has 0 heterocycles.